The summed E-state index contributed by atoms with van der Waals surface area (Å²) in [6, 6.07) is 8.38. The topological polar surface area (TPSA) is 56.2 Å². The summed E-state index contributed by atoms with van der Waals surface area (Å²) in [6.07, 6.45) is -3.20. The number of aromatic nitrogens is 2. The number of carbonyl (C=O) groups is 1. The third kappa shape index (κ3) is 3.98. The average Bonchev–Trinajstić information content (AvgIpc) is 3.08. The number of methoxy groups -OCH3 is 1. The number of halogens is 4. The Hall–Kier alpha value is -3.36. The number of nitrogens with zero attached hydrogens (tertiary/aromatic N) is 2. The maximum absolute atomic E-state index is 13.2. The van der Waals surface area contributed by atoms with Gasteiger partial charge in [0.1, 0.15) is 5.82 Å². The molecule has 1 aromatic heterocycles. The van der Waals surface area contributed by atoms with Crippen LogP contribution >= 0.6 is 0 Å². The second kappa shape index (κ2) is 7.34. The van der Waals surface area contributed by atoms with E-state index < -0.39 is 23.5 Å². The first-order valence-corrected chi connectivity index (χ1v) is 8.08. The third-order valence-corrected chi connectivity index (χ3v) is 3.99. The van der Waals surface area contributed by atoms with E-state index in [9.17, 15) is 22.4 Å². The van der Waals surface area contributed by atoms with E-state index >= 15 is 0 Å². The molecule has 1 amide bonds. The minimum Gasteiger partial charge on any atom is -0.493 e. The zero-order valence-electron chi connectivity index (χ0n) is 14.8. The van der Waals surface area contributed by atoms with Gasteiger partial charge in [-0.1, -0.05) is 6.07 Å². The second-order valence-electron chi connectivity index (χ2n) is 5.95. The van der Waals surface area contributed by atoms with E-state index in [1.807, 2.05) is 0 Å². The van der Waals surface area contributed by atoms with Gasteiger partial charge in [-0.05, 0) is 48.9 Å². The number of hydrogen-bond donors (Lipinski definition) is 1. The Balaban J connectivity index is 1.93. The maximum Gasteiger partial charge on any atom is 0.416 e. The maximum atomic E-state index is 13.2. The van der Waals surface area contributed by atoms with Crippen molar-refractivity contribution in [3.05, 3.63) is 71.3 Å². The molecule has 0 aliphatic heterocycles. The van der Waals surface area contributed by atoms with Crippen LogP contribution in [0.2, 0.25) is 0 Å². The van der Waals surface area contributed by atoms with Gasteiger partial charge in [0.25, 0.3) is 5.91 Å². The van der Waals surface area contributed by atoms with Gasteiger partial charge < -0.3 is 10.1 Å². The van der Waals surface area contributed by atoms with Crippen LogP contribution < -0.4 is 10.1 Å². The van der Waals surface area contributed by atoms with Gasteiger partial charge in [0.2, 0.25) is 0 Å². The molecule has 146 valence electrons. The molecule has 0 saturated carbocycles. The second-order valence-corrected chi connectivity index (χ2v) is 5.95. The summed E-state index contributed by atoms with van der Waals surface area (Å²) in [4.78, 5) is 12.6. The molecule has 2 aromatic carbocycles. The van der Waals surface area contributed by atoms with Crippen LogP contribution in [-0.4, -0.2) is 22.8 Å². The van der Waals surface area contributed by atoms with Crippen LogP contribution in [0, 0.1) is 12.7 Å². The van der Waals surface area contributed by atoms with Crippen LogP contribution in [-0.2, 0) is 6.18 Å². The number of alkyl halides is 3. The van der Waals surface area contributed by atoms with Gasteiger partial charge in [0.15, 0.2) is 11.4 Å². The normalized spacial score (nSPS) is 11.4. The van der Waals surface area contributed by atoms with Crippen molar-refractivity contribution in [3.63, 3.8) is 0 Å². The van der Waals surface area contributed by atoms with Gasteiger partial charge in [0, 0.05) is 5.69 Å². The molecule has 0 spiro atoms. The molecule has 3 rings (SSSR count). The van der Waals surface area contributed by atoms with Crippen LogP contribution in [0.4, 0.5) is 23.2 Å². The zero-order valence-corrected chi connectivity index (χ0v) is 14.8. The number of rotatable bonds is 4. The number of carbonyl (C=O) groups excluding carboxylic acids is 1. The average molecular weight is 393 g/mol. The van der Waals surface area contributed by atoms with Crippen molar-refractivity contribution in [1.29, 1.82) is 0 Å². The molecule has 3 aromatic rings. The molecule has 1 heterocycles. The van der Waals surface area contributed by atoms with Crippen molar-refractivity contribution in [3.8, 4) is 11.4 Å². The van der Waals surface area contributed by atoms with Gasteiger partial charge in [0.05, 0.1) is 24.6 Å². The first kappa shape index (κ1) is 19.4. The standard InChI is InChI=1S/C19H15F4N3O2/c1-11-8-13(20)6-7-15(11)24-18(27)17-16(28-2)10-26(25-17)14-5-3-4-12(9-14)19(21,22)23/h3-10H,1-2H3,(H,24,27). The van der Waals surface area contributed by atoms with Gasteiger partial charge in [-0.15, -0.1) is 0 Å². The smallest absolute Gasteiger partial charge is 0.416 e. The lowest BCUT2D eigenvalue weighted by Gasteiger charge is -2.08. The van der Waals surface area contributed by atoms with E-state index in [0.717, 1.165) is 16.8 Å². The Labute approximate surface area is 157 Å². The fourth-order valence-corrected chi connectivity index (χ4v) is 2.57. The molecule has 0 atom stereocenters. The highest BCUT2D eigenvalue weighted by atomic mass is 19.4. The molecule has 9 heteroatoms. The van der Waals surface area contributed by atoms with Crippen molar-refractivity contribution >= 4 is 11.6 Å². The molecular formula is C19H15F4N3O2. The predicted octanol–water partition coefficient (Wildman–Crippen LogP) is 4.60. The summed E-state index contributed by atoms with van der Waals surface area (Å²) >= 11 is 0. The molecular weight excluding hydrogens is 378 g/mol. The first-order valence-electron chi connectivity index (χ1n) is 8.08. The molecule has 0 fully saturated rings. The number of aryl methyl sites for hydroxylation is 1. The third-order valence-electron chi connectivity index (χ3n) is 3.99. The monoisotopic (exact) mass is 393 g/mol. The summed E-state index contributed by atoms with van der Waals surface area (Å²) in [7, 11) is 1.31. The fourth-order valence-electron chi connectivity index (χ4n) is 2.57. The molecule has 0 radical (unpaired) electrons. The van der Waals surface area contributed by atoms with Crippen molar-refractivity contribution in [1.82, 2.24) is 9.78 Å². The SMILES string of the molecule is COc1cn(-c2cccc(C(F)(F)F)c2)nc1C(=O)Nc1ccc(F)cc1C. The lowest BCUT2D eigenvalue weighted by Crippen LogP contribution is -2.15. The van der Waals surface area contributed by atoms with Crippen LogP contribution in [0.3, 0.4) is 0 Å². The largest absolute Gasteiger partial charge is 0.493 e. The van der Waals surface area contributed by atoms with Crippen molar-refractivity contribution in [2.75, 3.05) is 12.4 Å². The minimum absolute atomic E-state index is 0.0784. The Morgan fingerprint density at radius 2 is 1.93 bits per heavy atom. The number of amides is 1. The highest BCUT2D eigenvalue weighted by Gasteiger charge is 2.30. The van der Waals surface area contributed by atoms with Crippen molar-refractivity contribution in [2.45, 2.75) is 13.1 Å². The zero-order chi connectivity index (χ0) is 20.5. The van der Waals surface area contributed by atoms with Crippen LogP contribution in [0.25, 0.3) is 5.69 Å². The van der Waals surface area contributed by atoms with Gasteiger partial charge >= 0.3 is 6.18 Å². The highest BCUT2D eigenvalue weighted by molar-refractivity contribution is 6.05. The van der Waals surface area contributed by atoms with E-state index in [4.69, 9.17) is 4.74 Å². The van der Waals surface area contributed by atoms with E-state index in [0.29, 0.717) is 11.3 Å². The Kier molecular flexibility index (Phi) is 5.08. The lowest BCUT2D eigenvalue weighted by molar-refractivity contribution is -0.137. The summed E-state index contributed by atoms with van der Waals surface area (Å²) in [5.41, 5.74) is 0.0351. The van der Waals surface area contributed by atoms with E-state index in [1.165, 1.54) is 43.6 Å². The number of nitrogens with one attached hydrogen (secondary N) is 1. The van der Waals surface area contributed by atoms with Crippen molar-refractivity contribution < 1.29 is 27.1 Å². The first-order chi connectivity index (χ1) is 13.2. The summed E-state index contributed by atoms with van der Waals surface area (Å²) in [5.74, 6) is -1.01. The summed E-state index contributed by atoms with van der Waals surface area (Å²) < 4.78 is 58.2. The number of hydrogen-bond acceptors (Lipinski definition) is 3. The van der Waals surface area contributed by atoms with Gasteiger partial charge in [-0.3, -0.25) is 4.79 Å². The van der Waals surface area contributed by atoms with Gasteiger partial charge in [-0.25, -0.2) is 9.07 Å². The Morgan fingerprint density at radius 3 is 2.57 bits per heavy atom. The molecule has 1 N–H and O–H groups in total. The van der Waals surface area contributed by atoms with Crippen molar-refractivity contribution in [2.24, 2.45) is 0 Å². The van der Waals surface area contributed by atoms with Crippen LogP contribution in [0.5, 0.6) is 5.75 Å². The quantitative estimate of drug-likeness (QED) is 0.659. The Bertz CT molecular complexity index is 1030. The molecule has 5 nitrogen and oxygen atoms in total. The summed E-state index contributed by atoms with van der Waals surface area (Å²) in [5, 5.41) is 6.64. The molecule has 0 aliphatic carbocycles. The van der Waals surface area contributed by atoms with Crippen LogP contribution in [0.1, 0.15) is 21.6 Å². The number of ether oxygens (including phenoxy) is 1. The molecule has 0 bridgehead atoms. The predicted molar refractivity (Wildman–Crippen MR) is 94.2 cm³/mol. The number of benzene rings is 2. The fraction of sp³-hybridized carbons (Fsp3) is 0.158. The number of anilines is 1. The summed E-state index contributed by atoms with van der Waals surface area (Å²) in [6.45, 7) is 1.62. The Morgan fingerprint density at radius 1 is 1.18 bits per heavy atom. The lowest BCUT2D eigenvalue weighted by atomic mass is 10.2. The highest BCUT2D eigenvalue weighted by Crippen LogP contribution is 2.31. The van der Waals surface area contributed by atoms with Crippen LogP contribution in [0.15, 0.2) is 48.7 Å². The van der Waals surface area contributed by atoms with E-state index in [-0.39, 0.29) is 17.1 Å². The van der Waals surface area contributed by atoms with E-state index in [2.05, 4.69) is 10.4 Å². The van der Waals surface area contributed by atoms with Gasteiger partial charge in [-0.2, -0.15) is 18.3 Å². The molecule has 28 heavy (non-hydrogen) atoms. The molecule has 0 saturated heterocycles. The molecule has 0 unspecified atom stereocenters. The molecule has 0 aliphatic rings. The van der Waals surface area contributed by atoms with E-state index in [1.54, 1.807) is 6.92 Å². The minimum atomic E-state index is -4.51.